The van der Waals surface area contributed by atoms with Crippen molar-refractivity contribution in [3.05, 3.63) is 59.9 Å². The van der Waals surface area contributed by atoms with Crippen LogP contribution in [0.25, 0.3) is 0 Å². The van der Waals surface area contributed by atoms with Crippen molar-refractivity contribution in [1.82, 2.24) is 9.88 Å². The predicted molar refractivity (Wildman–Crippen MR) is 95.8 cm³/mol. The summed E-state index contributed by atoms with van der Waals surface area (Å²) in [7, 11) is -3.79. The zero-order chi connectivity index (χ0) is 18.6. The third-order valence-corrected chi connectivity index (χ3v) is 5.17. The van der Waals surface area contributed by atoms with Crippen molar-refractivity contribution in [1.29, 1.82) is 0 Å². The number of benzene rings is 1. The Labute approximate surface area is 152 Å². The van der Waals surface area contributed by atoms with Gasteiger partial charge in [-0.2, -0.15) is 0 Å². The van der Waals surface area contributed by atoms with Crippen molar-refractivity contribution in [3.8, 4) is 0 Å². The highest BCUT2D eigenvalue weighted by atomic mass is 32.2. The summed E-state index contributed by atoms with van der Waals surface area (Å²) in [5, 5.41) is 5.11. The molecule has 0 saturated carbocycles. The Morgan fingerprint density at radius 3 is 2.58 bits per heavy atom. The van der Waals surface area contributed by atoms with E-state index in [1.54, 1.807) is 11.1 Å². The van der Waals surface area contributed by atoms with Crippen molar-refractivity contribution >= 4 is 15.9 Å². The molecule has 1 amide bonds. The molecule has 7 nitrogen and oxygen atoms in total. The average molecular weight is 375 g/mol. The van der Waals surface area contributed by atoms with Gasteiger partial charge in [-0.05, 0) is 49.2 Å². The lowest BCUT2D eigenvalue weighted by molar-refractivity contribution is 0.0504. The molecule has 1 aromatic carbocycles. The molecule has 138 valence electrons. The van der Waals surface area contributed by atoms with E-state index in [0.29, 0.717) is 25.3 Å². The fraction of sp³-hybridized carbons (Fsp3) is 0.333. The fourth-order valence-electron chi connectivity index (χ4n) is 2.91. The lowest BCUT2D eigenvalue weighted by atomic mass is 10.1. The second-order valence-electron chi connectivity index (χ2n) is 6.21. The van der Waals surface area contributed by atoms with Crippen molar-refractivity contribution in [2.45, 2.75) is 30.4 Å². The van der Waals surface area contributed by atoms with E-state index in [1.165, 1.54) is 24.3 Å². The zero-order valence-electron chi connectivity index (χ0n) is 14.2. The van der Waals surface area contributed by atoms with Gasteiger partial charge in [-0.3, -0.25) is 9.78 Å². The first kappa shape index (κ1) is 18.5. The van der Waals surface area contributed by atoms with Crippen LogP contribution in [0.1, 0.15) is 28.9 Å². The molecule has 3 rings (SSSR count). The number of rotatable bonds is 6. The molecular weight excluding hydrogens is 354 g/mol. The Balaban J connectivity index is 1.81. The third kappa shape index (κ3) is 4.66. The molecule has 2 aromatic rings. The number of ether oxygens (including phenoxy) is 1. The minimum absolute atomic E-state index is 0.00588. The molecular formula is C18H21N3O4S. The molecule has 0 spiro atoms. The summed E-state index contributed by atoms with van der Waals surface area (Å²) < 4.78 is 28.4. The topological polar surface area (TPSA) is 103 Å². The molecule has 1 aromatic heterocycles. The van der Waals surface area contributed by atoms with Crippen LogP contribution in [0.2, 0.25) is 0 Å². The minimum atomic E-state index is -3.79. The molecule has 2 N–H and O–H groups in total. The lowest BCUT2D eigenvalue weighted by Crippen LogP contribution is -2.37. The Hall–Kier alpha value is -2.29. The van der Waals surface area contributed by atoms with Crippen LogP contribution >= 0.6 is 0 Å². The molecule has 0 bridgehead atoms. The molecule has 1 aliphatic rings. The van der Waals surface area contributed by atoms with Crippen LogP contribution in [0.3, 0.4) is 0 Å². The molecule has 1 saturated heterocycles. The summed E-state index contributed by atoms with van der Waals surface area (Å²) >= 11 is 0. The SMILES string of the molecule is NS(=O)(=O)c1ccc(C(=O)N(Cc2ccccn2)C[C@@H]2CCCO2)cc1. The lowest BCUT2D eigenvalue weighted by Gasteiger charge is -2.25. The van der Waals surface area contributed by atoms with Gasteiger partial charge >= 0.3 is 0 Å². The first-order valence-corrected chi connectivity index (χ1v) is 9.92. The van der Waals surface area contributed by atoms with Gasteiger partial charge < -0.3 is 9.64 Å². The maximum absolute atomic E-state index is 13.0. The van der Waals surface area contributed by atoms with Gasteiger partial charge in [-0.25, -0.2) is 13.6 Å². The summed E-state index contributed by atoms with van der Waals surface area (Å²) in [5.41, 5.74) is 1.17. The van der Waals surface area contributed by atoms with Crippen LogP contribution in [0.4, 0.5) is 0 Å². The number of carbonyl (C=O) groups excluding carboxylic acids is 1. The number of nitrogens with zero attached hydrogens (tertiary/aromatic N) is 2. The summed E-state index contributed by atoms with van der Waals surface area (Å²) in [6.45, 7) is 1.53. The van der Waals surface area contributed by atoms with E-state index in [9.17, 15) is 13.2 Å². The molecule has 0 unspecified atom stereocenters. The van der Waals surface area contributed by atoms with E-state index in [1.807, 2.05) is 18.2 Å². The van der Waals surface area contributed by atoms with Gasteiger partial charge in [-0.15, -0.1) is 0 Å². The first-order chi connectivity index (χ1) is 12.4. The van der Waals surface area contributed by atoms with Crippen LogP contribution in [0, 0.1) is 0 Å². The van der Waals surface area contributed by atoms with Crippen LogP contribution < -0.4 is 5.14 Å². The highest BCUT2D eigenvalue weighted by molar-refractivity contribution is 7.89. The van der Waals surface area contributed by atoms with Gasteiger partial charge in [0.2, 0.25) is 10.0 Å². The van der Waals surface area contributed by atoms with E-state index in [4.69, 9.17) is 9.88 Å². The summed E-state index contributed by atoms with van der Waals surface area (Å²) in [4.78, 5) is 18.9. The molecule has 1 aliphatic heterocycles. The first-order valence-electron chi connectivity index (χ1n) is 8.37. The number of sulfonamides is 1. The molecule has 0 aliphatic carbocycles. The van der Waals surface area contributed by atoms with Crippen molar-refractivity contribution < 1.29 is 17.9 Å². The van der Waals surface area contributed by atoms with E-state index < -0.39 is 10.0 Å². The number of pyridine rings is 1. The number of amides is 1. The van der Waals surface area contributed by atoms with Crippen molar-refractivity contribution in [3.63, 3.8) is 0 Å². The number of carbonyl (C=O) groups is 1. The Morgan fingerprint density at radius 2 is 2.00 bits per heavy atom. The quantitative estimate of drug-likeness (QED) is 0.825. The largest absolute Gasteiger partial charge is 0.376 e. The minimum Gasteiger partial charge on any atom is -0.376 e. The molecule has 8 heteroatoms. The van der Waals surface area contributed by atoms with Gasteiger partial charge in [0.1, 0.15) is 0 Å². The number of nitrogens with two attached hydrogens (primary N) is 1. The predicted octanol–water partition coefficient (Wildman–Crippen LogP) is 1.55. The monoisotopic (exact) mass is 375 g/mol. The van der Waals surface area contributed by atoms with Gasteiger partial charge in [0, 0.05) is 24.9 Å². The molecule has 2 heterocycles. The van der Waals surface area contributed by atoms with Gasteiger partial charge in [0.05, 0.1) is 23.2 Å². The van der Waals surface area contributed by atoms with Crippen LogP contribution in [-0.4, -0.2) is 43.5 Å². The highest BCUT2D eigenvalue weighted by Gasteiger charge is 2.24. The summed E-state index contributed by atoms with van der Waals surface area (Å²) in [6.07, 6.45) is 3.59. The second kappa shape index (κ2) is 7.94. The molecule has 1 atom stereocenters. The normalized spacial score (nSPS) is 17.2. The maximum atomic E-state index is 13.0. The smallest absolute Gasteiger partial charge is 0.254 e. The zero-order valence-corrected chi connectivity index (χ0v) is 15.1. The standard InChI is InChI=1S/C18H21N3O4S/c19-26(23,24)17-8-6-14(7-9-17)18(22)21(13-16-5-3-11-25-16)12-15-4-1-2-10-20-15/h1-2,4,6-10,16H,3,5,11-13H2,(H2,19,23,24)/t16-/m0/s1. The van der Waals surface area contributed by atoms with E-state index in [0.717, 1.165) is 18.5 Å². The Bertz CT molecular complexity index is 848. The maximum Gasteiger partial charge on any atom is 0.254 e. The number of aromatic nitrogens is 1. The van der Waals surface area contributed by atoms with E-state index in [-0.39, 0.29) is 16.9 Å². The molecule has 26 heavy (non-hydrogen) atoms. The Morgan fingerprint density at radius 1 is 1.23 bits per heavy atom. The molecule has 1 fully saturated rings. The number of primary sulfonamides is 1. The van der Waals surface area contributed by atoms with Gasteiger partial charge in [-0.1, -0.05) is 6.07 Å². The highest BCUT2D eigenvalue weighted by Crippen LogP contribution is 2.18. The Kier molecular flexibility index (Phi) is 5.65. The number of hydrogen-bond acceptors (Lipinski definition) is 5. The summed E-state index contributed by atoms with van der Waals surface area (Å²) in [6, 6.07) is 11.2. The molecule has 0 radical (unpaired) electrons. The number of hydrogen-bond donors (Lipinski definition) is 1. The van der Waals surface area contributed by atoms with Crippen molar-refractivity contribution in [2.24, 2.45) is 5.14 Å². The van der Waals surface area contributed by atoms with Gasteiger partial charge in [0.25, 0.3) is 5.91 Å². The van der Waals surface area contributed by atoms with E-state index >= 15 is 0 Å². The van der Waals surface area contributed by atoms with Gasteiger partial charge in [0.15, 0.2) is 0 Å². The second-order valence-corrected chi connectivity index (χ2v) is 7.77. The van der Waals surface area contributed by atoms with Crippen LogP contribution in [-0.2, 0) is 21.3 Å². The van der Waals surface area contributed by atoms with Crippen LogP contribution in [0.5, 0.6) is 0 Å². The van der Waals surface area contributed by atoms with E-state index in [2.05, 4.69) is 4.98 Å². The average Bonchev–Trinajstić information content (AvgIpc) is 3.14. The third-order valence-electron chi connectivity index (χ3n) is 4.24. The fourth-order valence-corrected chi connectivity index (χ4v) is 3.43. The van der Waals surface area contributed by atoms with Crippen LogP contribution in [0.15, 0.2) is 53.6 Å². The summed E-state index contributed by atoms with van der Waals surface area (Å²) in [5.74, 6) is -0.202. The van der Waals surface area contributed by atoms with Crippen molar-refractivity contribution in [2.75, 3.05) is 13.2 Å².